The van der Waals surface area contributed by atoms with Crippen LogP contribution in [0.5, 0.6) is 0 Å². The standard InChI is InChI=1S/C9H15N3O4S/c1-6(2)7-4-8(11-10-7)12-17(14,15)5-9(13)16-3/h4,6H,5H2,1-3H3,(H2,10,11,12). The van der Waals surface area contributed by atoms with Crippen LogP contribution in [0.2, 0.25) is 0 Å². The van der Waals surface area contributed by atoms with Crippen LogP contribution in [0.4, 0.5) is 5.82 Å². The van der Waals surface area contributed by atoms with E-state index >= 15 is 0 Å². The smallest absolute Gasteiger partial charge is 0.322 e. The SMILES string of the molecule is COC(=O)CS(=O)(=O)Nc1cc(C(C)C)[nH]n1. The Balaban J connectivity index is 2.73. The number of ether oxygens (including phenoxy) is 1. The normalized spacial score (nSPS) is 11.5. The average molecular weight is 261 g/mol. The van der Waals surface area contributed by atoms with Gasteiger partial charge >= 0.3 is 5.97 Å². The third-order valence-corrected chi connectivity index (χ3v) is 3.15. The highest BCUT2D eigenvalue weighted by Gasteiger charge is 2.18. The minimum atomic E-state index is -3.77. The van der Waals surface area contributed by atoms with Crippen molar-refractivity contribution in [1.82, 2.24) is 10.2 Å². The Bertz CT molecular complexity index is 492. The molecule has 0 spiro atoms. The molecular formula is C9H15N3O4S. The third-order valence-electron chi connectivity index (χ3n) is 2.02. The minimum absolute atomic E-state index is 0.164. The molecule has 1 rings (SSSR count). The quantitative estimate of drug-likeness (QED) is 0.749. The molecule has 0 unspecified atom stereocenters. The number of aromatic nitrogens is 2. The van der Waals surface area contributed by atoms with Crippen LogP contribution in [0.25, 0.3) is 0 Å². The molecule has 8 heteroatoms. The van der Waals surface area contributed by atoms with Gasteiger partial charge in [-0.25, -0.2) is 8.42 Å². The number of rotatable bonds is 5. The molecule has 7 nitrogen and oxygen atoms in total. The van der Waals surface area contributed by atoms with Gasteiger partial charge < -0.3 is 4.74 Å². The molecule has 96 valence electrons. The van der Waals surface area contributed by atoms with Gasteiger partial charge in [0.25, 0.3) is 0 Å². The minimum Gasteiger partial charge on any atom is -0.468 e. The van der Waals surface area contributed by atoms with E-state index in [4.69, 9.17) is 0 Å². The van der Waals surface area contributed by atoms with Crippen molar-refractivity contribution in [2.45, 2.75) is 19.8 Å². The summed E-state index contributed by atoms with van der Waals surface area (Å²) >= 11 is 0. The first-order valence-corrected chi connectivity index (χ1v) is 6.62. The number of H-pyrrole nitrogens is 1. The molecule has 0 aliphatic rings. The zero-order chi connectivity index (χ0) is 13.1. The Morgan fingerprint density at radius 1 is 1.59 bits per heavy atom. The monoisotopic (exact) mass is 261 g/mol. The van der Waals surface area contributed by atoms with E-state index in [1.165, 1.54) is 0 Å². The summed E-state index contributed by atoms with van der Waals surface area (Å²) in [4.78, 5) is 10.9. The number of nitrogens with zero attached hydrogens (tertiary/aromatic N) is 1. The van der Waals surface area contributed by atoms with Crippen LogP contribution in [0.1, 0.15) is 25.5 Å². The first-order valence-electron chi connectivity index (χ1n) is 4.96. The second kappa shape index (κ2) is 5.17. The molecule has 0 aromatic carbocycles. The summed E-state index contributed by atoms with van der Waals surface area (Å²) in [5, 5.41) is 6.49. The van der Waals surface area contributed by atoms with Crippen LogP contribution in [-0.4, -0.2) is 37.4 Å². The fourth-order valence-electron chi connectivity index (χ4n) is 1.09. The van der Waals surface area contributed by atoms with E-state index < -0.39 is 21.7 Å². The fraction of sp³-hybridized carbons (Fsp3) is 0.556. The van der Waals surface area contributed by atoms with Crippen molar-refractivity contribution in [3.63, 3.8) is 0 Å². The third kappa shape index (κ3) is 4.06. The van der Waals surface area contributed by atoms with E-state index in [1.807, 2.05) is 13.8 Å². The van der Waals surface area contributed by atoms with Crippen molar-refractivity contribution >= 4 is 21.8 Å². The second-order valence-electron chi connectivity index (χ2n) is 3.80. The molecule has 0 aliphatic heterocycles. The van der Waals surface area contributed by atoms with Crippen molar-refractivity contribution in [3.05, 3.63) is 11.8 Å². The summed E-state index contributed by atoms with van der Waals surface area (Å²) < 4.78 is 29.4. The lowest BCUT2D eigenvalue weighted by atomic mass is 10.1. The van der Waals surface area contributed by atoms with Gasteiger partial charge in [0, 0.05) is 11.8 Å². The first kappa shape index (κ1) is 13.5. The van der Waals surface area contributed by atoms with Gasteiger partial charge in [0.2, 0.25) is 10.0 Å². The molecule has 0 aliphatic carbocycles. The number of hydrogen-bond donors (Lipinski definition) is 2. The van der Waals surface area contributed by atoms with Crippen LogP contribution in [0, 0.1) is 0 Å². The molecule has 0 saturated heterocycles. The highest BCUT2D eigenvalue weighted by molar-refractivity contribution is 7.93. The maximum atomic E-state index is 11.5. The molecule has 0 radical (unpaired) electrons. The summed E-state index contributed by atoms with van der Waals surface area (Å²) in [7, 11) is -2.64. The Hall–Kier alpha value is -1.57. The molecule has 0 bridgehead atoms. The van der Waals surface area contributed by atoms with E-state index in [1.54, 1.807) is 6.07 Å². The molecule has 2 N–H and O–H groups in total. The lowest BCUT2D eigenvalue weighted by Gasteiger charge is -2.03. The molecular weight excluding hydrogens is 246 g/mol. The van der Waals surface area contributed by atoms with Gasteiger partial charge in [-0.05, 0) is 5.92 Å². The van der Waals surface area contributed by atoms with E-state index in [-0.39, 0.29) is 11.7 Å². The number of carbonyl (C=O) groups is 1. The Kier molecular flexibility index (Phi) is 4.11. The number of aromatic amines is 1. The van der Waals surface area contributed by atoms with Gasteiger partial charge in [-0.2, -0.15) is 5.10 Å². The highest BCUT2D eigenvalue weighted by Crippen LogP contribution is 2.15. The van der Waals surface area contributed by atoms with Crippen molar-refractivity contribution < 1.29 is 17.9 Å². The van der Waals surface area contributed by atoms with Crippen LogP contribution in [0.3, 0.4) is 0 Å². The summed E-state index contributed by atoms with van der Waals surface area (Å²) in [5.41, 5.74) is 0.806. The van der Waals surface area contributed by atoms with Gasteiger partial charge in [0.1, 0.15) is 0 Å². The molecule has 0 fully saturated rings. The van der Waals surface area contributed by atoms with Crippen molar-refractivity contribution in [2.24, 2.45) is 0 Å². The zero-order valence-electron chi connectivity index (χ0n) is 9.85. The first-order chi connectivity index (χ1) is 7.84. The second-order valence-corrected chi connectivity index (χ2v) is 5.52. The Morgan fingerprint density at radius 2 is 2.24 bits per heavy atom. The summed E-state index contributed by atoms with van der Waals surface area (Å²) in [6.07, 6.45) is 0. The van der Waals surface area contributed by atoms with Crippen LogP contribution >= 0.6 is 0 Å². The number of nitrogens with one attached hydrogen (secondary N) is 2. The molecule has 1 aromatic rings. The summed E-state index contributed by atoms with van der Waals surface area (Å²) in [6, 6.07) is 1.58. The molecule has 1 aromatic heterocycles. The molecule has 1 heterocycles. The largest absolute Gasteiger partial charge is 0.468 e. The van der Waals surface area contributed by atoms with Crippen LogP contribution in [-0.2, 0) is 19.6 Å². The van der Waals surface area contributed by atoms with Crippen molar-refractivity contribution in [3.8, 4) is 0 Å². The lowest BCUT2D eigenvalue weighted by Crippen LogP contribution is -2.23. The van der Waals surface area contributed by atoms with E-state index in [0.717, 1.165) is 12.8 Å². The number of anilines is 1. The van der Waals surface area contributed by atoms with Gasteiger partial charge in [0.05, 0.1) is 7.11 Å². The Morgan fingerprint density at radius 3 is 2.71 bits per heavy atom. The predicted molar refractivity (Wildman–Crippen MR) is 62.1 cm³/mol. The molecule has 17 heavy (non-hydrogen) atoms. The van der Waals surface area contributed by atoms with Crippen molar-refractivity contribution in [1.29, 1.82) is 0 Å². The van der Waals surface area contributed by atoms with Gasteiger partial charge in [0.15, 0.2) is 11.6 Å². The number of sulfonamides is 1. The van der Waals surface area contributed by atoms with E-state index in [9.17, 15) is 13.2 Å². The molecule has 0 saturated carbocycles. The fourth-order valence-corrected chi connectivity index (χ4v) is 2.02. The van der Waals surface area contributed by atoms with Gasteiger partial charge in [-0.15, -0.1) is 0 Å². The van der Waals surface area contributed by atoms with E-state index in [0.29, 0.717) is 0 Å². The number of hydrogen-bond acceptors (Lipinski definition) is 5. The van der Waals surface area contributed by atoms with Crippen molar-refractivity contribution in [2.75, 3.05) is 17.6 Å². The zero-order valence-corrected chi connectivity index (χ0v) is 10.7. The maximum absolute atomic E-state index is 11.5. The predicted octanol–water partition coefficient (Wildman–Crippen LogP) is 0.448. The Labute approximate surface area is 99.6 Å². The molecule has 0 amide bonds. The van der Waals surface area contributed by atoms with Crippen LogP contribution < -0.4 is 4.72 Å². The average Bonchev–Trinajstić information content (AvgIpc) is 2.64. The number of esters is 1. The topological polar surface area (TPSA) is 101 Å². The summed E-state index contributed by atoms with van der Waals surface area (Å²) in [6.45, 7) is 3.89. The number of carbonyl (C=O) groups excluding carboxylic acids is 1. The number of methoxy groups -OCH3 is 1. The van der Waals surface area contributed by atoms with Gasteiger partial charge in [-0.3, -0.25) is 14.6 Å². The summed E-state index contributed by atoms with van der Waals surface area (Å²) in [5.74, 6) is -1.18. The van der Waals surface area contributed by atoms with Gasteiger partial charge in [-0.1, -0.05) is 13.8 Å². The maximum Gasteiger partial charge on any atom is 0.322 e. The highest BCUT2D eigenvalue weighted by atomic mass is 32.2. The molecule has 0 atom stereocenters. The lowest BCUT2D eigenvalue weighted by molar-refractivity contribution is -0.137. The van der Waals surface area contributed by atoms with Crippen LogP contribution in [0.15, 0.2) is 6.07 Å². The van der Waals surface area contributed by atoms with E-state index in [2.05, 4.69) is 19.7 Å².